The number of rotatable bonds is 8. The monoisotopic (exact) mass is 442 g/mol. The van der Waals surface area contributed by atoms with Gasteiger partial charge in [-0.05, 0) is 19.1 Å². The molecule has 30 heavy (non-hydrogen) atoms. The van der Waals surface area contributed by atoms with Crippen molar-refractivity contribution in [2.24, 2.45) is 0 Å². The fraction of sp³-hybridized carbons (Fsp3) is 0.200. The molecule has 0 radical (unpaired) electrons. The summed E-state index contributed by atoms with van der Waals surface area (Å²) in [5.74, 6) is -1.08. The first-order chi connectivity index (χ1) is 14.5. The van der Waals surface area contributed by atoms with Crippen LogP contribution in [-0.4, -0.2) is 29.2 Å². The number of dihydropyridines is 1. The van der Waals surface area contributed by atoms with Crippen LogP contribution in [0.4, 0.5) is 5.13 Å². The van der Waals surface area contributed by atoms with E-state index in [4.69, 9.17) is 9.15 Å². The molecule has 0 aliphatic carbocycles. The molecule has 10 heteroatoms. The highest BCUT2D eigenvalue weighted by Crippen LogP contribution is 2.41. The van der Waals surface area contributed by atoms with Crippen molar-refractivity contribution in [1.82, 2.24) is 10.3 Å². The van der Waals surface area contributed by atoms with Crippen molar-refractivity contribution in [3.63, 3.8) is 0 Å². The van der Waals surface area contributed by atoms with Crippen molar-refractivity contribution in [3.05, 3.63) is 70.3 Å². The van der Waals surface area contributed by atoms with Gasteiger partial charge in [0.15, 0.2) is 5.13 Å². The Balaban J connectivity index is 1.86. The lowest BCUT2D eigenvalue weighted by atomic mass is 9.86. The summed E-state index contributed by atoms with van der Waals surface area (Å²) in [4.78, 5) is 28.9. The number of furan rings is 1. The second-order valence-corrected chi connectivity index (χ2v) is 7.91. The molecule has 0 bridgehead atoms. The van der Waals surface area contributed by atoms with Crippen molar-refractivity contribution >= 4 is 40.1 Å². The van der Waals surface area contributed by atoms with Gasteiger partial charge in [-0.1, -0.05) is 24.4 Å². The van der Waals surface area contributed by atoms with E-state index in [0.717, 1.165) is 11.8 Å². The van der Waals surface area contributed by atoms with Crippen LogP contribution in [0.1, 0.15) is 18.6 Å². The molecule has 2 aromatic heterocycles. The van der Waals surface area contributed by atoms with Crippen LogP contribution in [-0.2, 0) is 14.3 Å². The maximum atomic E-state index is 12.7. The second kappa shape index (κ2) is 9.96. The van der Waals surface area contributed by atoms with Crippen LogP contribution in [0.25, 0.3) is 0 Å². The highest BCUT2D eigenvalue weighted by Gasteiger charge is 2.37. The van der Waals surface area contributed by atoms with Gasteiger partial charge in [0.2, 0.25) is 5.91 Å². The Labute approximate surface area is 181 Å². The Hall–Kier alpha value is -3.29. The van der Waals surface area contributed by atoms with Crippen LogP contribution in [0.15, 0.2) is 68.9 Å². The van der Waals surface area contributed by atoms with Crippen LogP contribution in [0, 0.1) is 11.3 Å². The Morgan fingerprint density at radius 1 is 1.57 bits per heavy atom. The molecule has 2 aromatic rings. The molecule has 2 N–H and O–H groups in total. The lowest BCUT2D eigenvalue weighted by Gasteiger charge is -2.27. The highest BCUT2D eigenvalue weighted by atomic mass is 32.2. The minimum atomic E-state index is -0.743. The van der Waals surface area contributed by atoms with Crippen molar-refractivity contribution in [1.29, 1.82) is 5.26 Å². The minimum Gasteiger partial charge on any atom is -0.468 e. The molecule has 3 heterocycles. The third kappa shape index (κ3) is 4.82. The minimum absolute atomic E-state index is 0.0463. The van der Waals surface area contributed by atoms with Gasteiger partial charge in [-0.25, -0.2) is 9.78 Å². The summed E-state index contributed by atoms with van der Waals surface area (Å²) in [6.07, 6.45) is 4.54. The number of hydrogen-bond acceptors (Lipinski definition) is 9. The predicted octanol–water partition coefficient (Wildman–Crippen LogP) is 3.53. The van der Waals surface area contributed by atoms with Crippen molar-refractivity contribution in [2.45, 2.75) is 12.8 Å². The summed E-state index contributed by atoms with van der Waals surface area (Å²) < 4.78 is 10.7. The molecule has 0 fully saturated rings. The number of aromatic nitrogens is 1. The van der Waals surface area contributed by atoms with Gasteiger partial charge in [0, 0.05) is 17.3 Å². The first kappa shape index (κ1) is 21.4. The molecule has 1 aliphatic heterocycles. The maximum Gasteiger partial charge on any atom is 0.337 e. The van der Waals surface area contributed by atoms with Gasteiger partial charge in [0.1, 0.15) is 12.4 Å². The number of thioether (sulfide) groups is 1. The van der Waals surface area contributed by atoms with Crippen LogP contribution in [0.2, 0.25) is 0 Å². The number of esters is 1. The van der Waals surface area contributed by atoms with Gasteiger partial charge >= 0.3 is 5.97 Å². The lowest BCUT2D eigenvalue weighted by molar-refractivity contribution is -0.138. The van der Waals surface area contributed by atoms with E-state index in [1.165, 1.54) is 23.7 Å². The number of thiazole rings is 1. The Bertz CT molecular complexity index is 1030. The molecule has 0 aromatic carbocycles. The van der Waals surface area contributed by atoms with E-state index in [1.807, 2.05) is 0 Å². The van der Waals surface area contributed by atoms with E-state index in [9.17, 15) is 14.9 Å². The number of carbonyl (C=O) groups is 2. The number of ether oxygens (including phenoxy) is 1. The summed E-state index contributed by atoms with van der Waals surface area (Å²) in [6, 6.07) is 5.53. The van der Waals surface area contributed by atoms with Crippen LogP contribution >= 0.6 is 23.1 Å². The molecule has 1 unspecified atom stereocenters. The lowest BCUT2D eigenvalue weighted by Crippen LogP contribution is -2.29. The summed E-state index contributed by atoms with van der Waals surface area (Å²) in [7, 11) is 0. The standard InChI is InChI=1S/C20H18N4O4S2/c1-3-7-28-19(26)16-12(2)23-18(13(10-21)17(16)14-5-4-8-27-14)30-11-15(25)24-20-22-6-9-29-20/h3-6,8-9,17,23H,1,7,11H2,2H3,(H,22,24,25). The molecule has 0 saturated carbocycles. The number of carbonyl (C=O) groups excluding carboxylic acids is 2. The fourth-order valence-electron chi connectivity index (χ4n) is 2.83. The Morgan fingerprint density at radius 2 is 2.40 bits per heavy atom. The molecule has 154 valence electrons. The zero-order valence-corrected chi connectivity index (χ0v) is 17.6. The number of nitrogens with one attached hydrogen (secondary N) is 2. The van der Waals surface area contributed by atoms with Gasteiger partial charge in [-0.3, -0.25) is 4.79 Å². The Morgan fingerprint density at radius 3 is 3.03 bits per heavy atom. The van der Waals surface area contributed by atoms with Gasteiger partial charge in [-0.2, -0.15) is 5.26 Å². The fourth-order valence-corrected chi connectivity index (χ4v) is 4.26. The van der Waals surface area contributed by atoms with E-state index in [-0.39, 0.29) is 29.4 Å². The molecule has 8 nitrogen and oxygen atoms in total. The summed E-state index contributed by atoms with van der Waals surface area (Å²) in [6.45, 7) is 5.30. The largest absolute Gasteiger partial charge is 0.468 e. The number of allylic oxidation sites excluding steroid dienone is 2. The van der Waals surface area contributed by atoms with Gasteiger partial charge in [-0.15, -0.1) is 11.3 Å². The average Bonchev–Trinajstić information content (AvgIpc) is 3.44. The summed E-state index contributed by atoms with van der Waals surface area (Å²) in [5, 5.41) is 18.4. The van der Waals surface area contributed by atoms with Crippen LogP contribution < -0.4 is 10.6 Å². The average molecular weight is 443 g/mol. The van der Waals surface area contributed by atoms with Crippen molar-refractivity contribution in [3.8, 4) is 6.07 Å². The number of amides is 1. The molecule has 1 atom stereocenters. The van der Waals surface area contributed by atoms with Gasteiger partial charge < -0.3 is 19.8 Å². The first-order valence-electron chi connectivity index (χ1n) is 8.80. The van der Waals surface area contributed by atoms with E-state index >= 15 is 0 Å². The Kier molecular flexibility index (Phi) is 7.11. The zero-order chi connectivity index (χ0) is 21.5. The van der Waals surface area contributed by atoms with Crippen LogP contribution in [0.3, 0.4) is 0 Å². The third-order valence-corrected chi connectivity index (χ3v) is 5.76. The maximum absolute atomic E-state index is 12.7. The number of nitrogens with zero attached hydrogens (tertiary/aromatic N) is 2. The quantitative estimate of drug-likeness (QED) is 0.471. The summed E-state index contributed by atoms with van der Waals surface area (Å²) in [5.41, 5.74) is 1.07. The SMILES string of the molecule is C=CCOC(=O)C1=C(C)NC(SCC(=O)Nc2nccs2)=C(C#N)C1c1ccco1. The molecule has 0 saturated heterocycles. The first-order valence-corrected chi connectivity index (χ1v) is 10.7. The molecule has 1 amide bonds. The third-order valence-electron chi connectivity index (χ3n) is 4.05. The van der Waals surface area contributed by atoms with Crippen molar-refractivity contribution < 1.29 is 18.7 Å². The van der Waals surface area contributed by atoms with E-state index < -0.39 is 11.9 Å². The van der Waals surface area contributed by atoms with E-state index in [0.29, 0.717) is 21.6 Å². The number of nitriles is 1. The highest BCUT2D eigenvalue weighted by molar-refractivity contribution is 8.03. The topological polar surface area (TPSA) is 117 Å². The van der Waals surface area contributed by atoms with Gasteiger partial charge in [0.25, 0.3) is 0 Å². The molecule has 0 spiro atoms. The summed E-state index contributed by atoms with van der Waals surface area (Å²) >= 11 is 2.48. The van der Waals surface area contributed by atoms with Crippen LogP contribution in [0.5, 0.6) is 0 Å². The van der Waals surface area contributed by atoms with E-state index in [2.05, 4.69) is 28.3 Å². The smallest absolute Gasteiger partial charge is 0.337 e. The number of hydrogen-bond donors (Lipinski definition) is 2. The second-order valence-electron chi connectivity index (χ2n) is 6.03. The molecular formula is C20H18N4O4S2. The normalized spacial score (nSPS) is 15.9. The molecule has 3 rings (SSSR count). The molecule has 1 aliphatic rings. The van der Waals surface area contributed by atoms with E-state index in [1.54, 1.807) is 30.6 Å². The van der Waals surface area contributed by atoms with Crippen molar-refractivity contribution in [2.75, 3.05) is 17.7 Å². The van der Waals surface area contributed by atoms with Gasteiger partial charge in [0.05, 0.1) is 40.2 Å². The number of anilines is 1. The zero-order valence-electron chi connectivity index (χ0n) is 16.0. The predicted molar refractivity (Wildman–Crippen MR) is 114 cm³/mol. The molecular weight excluding hydrogens is 424 g/mol.